The Morgan fingerprint density at radius 3 is 2.61 bits per heavy atom. The lowest BCUT2D eigenvalue weighted by atomic mass is 10.1. The van der Waals surface area contributed by atoms with Crippen molar-refractivity contribution in [2.75, 3.05) is 26.2 Å². The summed E-state index contributed by atoms with van der Waals surface area (Å²) in [5.41, 5.74) is 1.86. The molecule has 0 heterocycles. The highest BCUT2D eigenvalue weighted by Gasteiger charge is 2.04. The van der Waals surface area contributed by atoms with E-state index >= 15 is 0 Å². The van der Waals surface area contributed by atoms with E-state index in [1.54, 1.807) is 0 Å². The molecule has 100 valence electrons. The van der Waals surface area contributed by atoms with Crippen molar-refractivity contribution in [3.63, 3.8) is 0 Å². The molecule has 0 saturated heterocycles. The van der Waals surface area contributed by atoms with Gasteiger partial charge >= 0.3 is 0 Å². The number of rotatable bonds is 7. The molecule has 3 heteroatoms. The van der Waals surface area contributed by atoms with E-state index in [1.165, 1.54) is 0 Å². The van der Waals surface area contributed by atoms with Crippen LogP contribution in [-0.2, 0) is 0 Å². The average molecular weight is 248 g/mol. The predicted molar refractivity (Wildman–Crippen MR) is 75.9 cm³/mol. The summed E-state index contributed by atoms with van der Waals surface area (Å²) >= 11 is 0. The molecule has 0 saturated carbocycles. The summed E-state index contributed by atoms with van der Waals surface area (Å²) in [5.74, 6) is 0.0262. The van der Waals surface area contributed by atoms with Gasteiger partial charge in [0.05, 0.1) is 0 Å². The minimum absolute atomic E-state index is 0.0262. The molecule has 1 aromatic rings. The average Bonchev–Trinajstić information content (AvgIpc) is 2.38. The molecule has 1 aromatic carbocycles. The van der Waals surface area contributed by atoms with Gasteiger partial charge in [-0.15, -0.1) is 0 Å². The number of hydrogen-bond acceptors (Lipinski definition) is 2. The fourth-order valence-electron chi connectivity index (χ4n) is 1.93. The highest BCUT2D eigenvalue weighted by atomic mass is 16.1. The minimum Gasteiger partial charge on any atom is -0.352 e. The van der Waals surface area contributed by atoms with Gasteiger partial charge in [-0.1, -0.05) is 31.5 Å². The predicted octanol–water partition coefficient (Wildman–Crippen LogP) is 2.46. The van der Waals surface area contributed by atoms with Crippen molar-refractivity contribution >= 4 is 5.91 Å². The molecule has 0 fully saturated rings. The number of amides is 1. The zero-order chi connectivity index (χ0) is 13.4. The van der Waals surface area contributed by atoms with E-state index in [-0.39, 0.29) is 5.91 Å². The minimum atomic E-state index is 0.0262. The quantitative estimate of drug-likeness (QED) is 0.752. The van der Waals surface area contributed by atoms with Crippen LogP contribution >= 0.6 is 0 Å². The van der Waals surface area contributed by atoms with Crippen molar-refractivity contribution in [3.8, 4) is 0 Å². The Bertz CT molecular complexity index is 373. The van der Waals surface area contributed by atoms with Crippen molar-refractivity contribution in [2.24, 2.45) is 0 Å². The van der Waals surface area contributed by atoms with Crippen LogP contribution in [0.1, 0.15) is 36.2 Å². The lowest BCUT2D eigenvalue weighted by Gasteiger charge is -2.17. The smallest absolute Gasteiger partial charge is 0.251 e. The van der Waals surface area contributed by atoms with Crippen molar-refractivity contribution in [2.45, 2.75) is 27.2 Å². The Kier molecular flexibility index (Phi) is 6.44. The zero-order valence-corrected chi connectivity index (χ0v) is 11.7. The summed E-state index contributed by atoms with van der Waals surface area (Å²) in [7, 11) is 0. The molecule has 0 bridgehead atoms. The molecule has 1 N–H and O–H groups in total. The maximum atomic E-state index is 11.9. The molecule has 0 aliphatic rings. The molecule has 0 aliphatic carbocycles. The van der Waals surface area contributed by atoms with Crippen molar-refractivity contribution in [3.05, 3.63) is 35.4 Å². The van der Waals surface area contributed by atoms with Crippen LogP contribution < -0.4 is 5.32 Å². The maximum absolute atomic E-state index is 11.9. The normalized spacial score (nSPS) is 10.7. The molecule has 0 unspecified atom stereocenters. The Balaban J connectivity index is 2.29. The highest BCUT2D eigenvalue weighted by molar-refractivity contribution is 5.94. The SMILES string of the molecule is CCN(CC)CCCNC(=O)c1cccc(C)c1. The first-order valence-corrected chi connectivity index (χ1v) is 6.74. The van der Waals surface area contributed by atoms with Crippen molar-refractivity contribution < 1.29 is 4.79 Å². The summed E-state index contributed by atoms with van der Waals surface area (Å²) < 4.78 is 0. The Morgan fingerprint density at radius 1 is 1.28 bits per heavy atom. The summed E-state index contributed by atoms with van der Waals surface area (Å²) in [5, 5.41) is 2.96. The van der Waals surface area contributed by atoms with Gasteiger partial charge in [-0.05, 0) is 45.1 Å². The Labute approximate surface area is 110 Å². The molecular weight excluding hydrogens is 224 g/mol. The second kappa shape index (κ2) is 7.88. The third kappa shape index (κ3) is 4.88. The fourth-order valence-corrected chi connectivity index (χ4v) is 1.93. The van der Waals surface area contributed by atoms with Gasteiger partial charge in [-0.25, -0.2) is 0 Å². The van der Waals surface area contributed by atoms with Gasteiger partial charge in [0.1, 0.15) is 0 Å². The number of carbonyl (C=O) groups is 1. The van der Waals surface area contributed by atoms with E-state index in [1.807, 2.05) is 31.2 Å². The van der Waals surface area contributed by atoms with Gasteiger partial charge in [0, 0.05) is 12.1 Å². The lowest BCUT2D eigenvalue weighted by Crippen LogP contribution is -2.29. The standard InChI is InChI=1S/C15H24N2O/c1-4-17(5-2)11-7-10-16-15(18)14-9-6-8-13(3)12-14/h6,8-9,12H,4-5,7,10-11H2,1-3H3,(H,16,18). The molecule has 0 spiro atoms. The molecular formula is C15H24N2O. The molecule has 1 rings (SSSR count). The van der Waals surface area contributed by atoms with Gasteiger partial charge in [-0.2, -0.15) is 0 Å². The number of hydrogen-bond donors (Lipinski definition) is 1. The topological polar surface area (TPSA) is 32.3 Å². The Hall–Kier alpha value is -1.35. The molecule has 0 aromatic heterocycles. The number of benzene rings is 1. The van der Waals surface area contributed by atoms with Crippen molar-refractivity contribution in [1.82, 2.24) is 10.2 Å². The van der Waals surface area contributed by atoms with E-state index in [2.05, 4.69) is 24.1 Å². The number of carbonyl (C=O) groups excluding carboxylic acids is 1. The van der Waals surface area contributed by atoms with E-state index < -0.39 is 0 Å². The maximum Gasteiger partial charge on any atom is 0.251 e. The molecule has 0 radical (unpaired) electrons. The molecule has 18 heavy (non-hydrogen) atoms. The van der Waals surface area contributed by atoms with Gasteiger partial charge in [0.15, 0.2) is 0 Å². The monoisotopic (exact) mass is 248 g/mol. The summed E-state index contributed by atoms with van der Waals surface area (Å²) in [4.78, 5) is 14.2. The van der Waals surface area contributed by atoms with Crippen LogP contribution in [0.5, 0.6) is 0 Å². The molecule has 1 amide bonds. The highest BCUT2D eigenvalue weighted by Crippen LogP contribution is 2.03. The van der Waals surface area contributed by atoms with Gasteiger partial charge in [0.2, 0.25) is 0 Å². The summed E-state index contributed by atoms with van der Waals surface area (Å²) in [6.45, 7) is 10.2. The first-order chi connectivity index (χ1) is 8.67. The summed E-state index contributed by atoms with van der Waals surface area (Å²) in [6.07, 6.45) is 0.999. The largest absolute Gasteiger partial charge is 0.352 e. The third-order valence-corrected chi connectivity index (χ3v) is 3.11. The van der Waals surface area contributed by atoms with E-state index in [0.717, 1.165) is 43.7 Å². The van der Waals surface area contributed by atoms with Gasteiger partial charge in [-0.3, -0.25) is 4.79 Å². The number of nitrogens with one attached hydrogen (secondary N) is 1. The number of nitrogens with zero attached hydrogens (tertiary/aromatic N) is 1. The van der Waals surface area contributed by atoms with Gasteiger partial charge in [0.25, 0.3) is 5.91 Å². The molecule has 3 nitrogen and oxygen atoms in total. The lowest BCUT2D eigenvalue weighted by molar-refractivity contribution is 0.0951. The molecule has 0 aliphatic heterocycles. The third-order valence-electron chi connectivity index (χ3n) is 3.11. The second-order valence-corrected chi connectivity index (χ2v) is 4.51. The van der Waals surface area contributed by atoms with Crippen LogP contribution in [0.15, 0.2) is 24.3 Å². The zero-order valence-electron chi connectivity index (χ0n) is 11.7. The summed E-state index contributed by atoms with van der Waals surface area (Å²) in [6, 6.07) is 7.68. The van der Waals surface area contributed by atoms with E-state index in [0.29, 0.717) is 0 Å². The van der Waals surface area contributed by atoms with E-state index in [9.17, 15) is 4.79 Å². The van der Waals surface area contributed by atoms with Crippen LogP contribution in [0.25, 0.3) is 0 Å². The van der Waals surface area contributed by atoms with Crippen LogP contribution in [-0.4, -0.2) is 37.0 Å². The first-order valence-electron chi connectivity index (χ1n) is 6.74. The molecule has 0 atom stereocenters. The number of aryl methyl sites for hydroxylation is 1. The first kappa shape index (κ1) is 14.7. The van der Waals surface area contributed by atoms with Crippen LogP contribution in [0.3, 0.4) is 0 Å². The Morgan fingerprint density at radius 2 is 2.00 bits per heavy atom. The van der Waals surface area contributed by atoms with Crippen LogP contribution in [0.2, 0.25) is 0 Å². The van der Waals surface area contributed by atoms with Gasteiger partial charge < -0.3 is 10.2 Å². The van der Waals surface area contributed by atoms with Crippen molar-refractivity contribution in [1.29, 1.82) is 0 Å². The van der Waals surface area contributed by atoms with E-state index in [4.69, 9.17) is 0 Å². The van der Waals surface area contributed by atoms with Crippen LogP contribution in [0.4, 0.5) is 0 Å². The second-order valence-electron chi connectivity index (χ2n) is 4.51. The fraction of sp³-hybridized carbons (Fsp3) is 0.533. The van der Waals surface area contributed by atoms with Crippen LogP contribution in [0, 0.1) is 6.92 Å².